The van der Waals surface area contributed by atoms with Crippen LogP contribution >= 0.6 is 11.6 Å². The monoisotopic (exact) mass is 275 g/mol. The lowest BCUT2D eigenvalue weighted by Crippen LogP contribution is -2.16. The van der Waals surface area contributed by atoms with E-state index < -0.39 is 11.8 Å². The van der Waals surface area contributed by atoms with Crippen LogP contribution in [0.1, 0.15) is 6.92 Å². The van der Waals surface area contributed by atoms with Gasteiger partial charge in [0.25, 0.3) is 0 Å². The Morgan fingerprint density at radius 2 is 2.28 bits per heavy atom. The summed E-state index contributed by atoms with van der Waals surface area (Å²) in [6.07, 6.45) is 0. The summed E-state index contributed by atoms with van der Waals surface area (Å²) in [6.45, 7) is 2.62. The molecule has 4 nitrogen and oxygen atoms in total. The maximum Gasteiger partial charge on any atom is 0.332 e. The SMILES string of the molecule is CCOC(=O)COCCNc1ccc(Cl)cc1F. The third-order valence-corrected chi connectivity index (χ3v) is 2.25. The van der Waals surface area contributed by atoms with E-state index >= 15 is 0 Å². The molecule has 0 saturated carbocycles. The number of ether oxygens (including phenoxy) is 2. The molecule has 0 saturated heterocycles. The van der Waals surface area contributed by atoms with Crippen molar-refractivity contribution in [2.24, 2.45) is 0 Å². The first-order valence-corrected chi connectivity index (χ1v) is 5.93. The summed E-state index contributed by atoms with van der Waals surface area (Å²) in [5.74, 6) is -0.830. The molecule has 0 aliphatic heterocycles. The second-order valence-electron chi connectivity index (χ2n) is 3.41. The zero-order valence-corrected chi connectivity index (χ0v) is 10.8. The molecule has 100 valence electrons. The Bertz CT molecular complexity index is 401. The van der Waals surface area contributed by atoms with E-state index in [4.69, 9.17) is 16.3 Å². The minimum atomic E-state index is -0.423. The number of halogens is 2. The fourth-order valence-corrected chi connectivity index (χ4v) is 1.41. The molecule has 1 N–H and O–H groups in total. The second kappa shape index (κ2) is 7.89. The minimum absolute atomic E-state index is 0.0986. The molecule has 0 spiro atoms. The van der Waals surface area contributed by atoms with Crippen LogP contribution in [0.3, 0.4) is 0 Å². The van der Waals surface area contributed by atoms with Crippen molar-refractivity contribution in [3.63, 3.8) is 0 Å². The maximum absolute atomic E-state index is 13.3. The molecule has 0 aliphatic carbocycles. The summed E-state index contributed by atoms with van der Waals surface area (Å²) in [5, 5.41) is 3.18. The summed E-state index contributed by atoms with van der Waals surface area (Å²) in [4.78, 5) is 10.9. The lowest BCUT2D eigenvalue weighted by molar-refractivity contribution is -0.148. The Hall–Kier alpha value is -1.33. The van der Waals surface area contributed by atoms with Gasteiger partial charge < -0.3 is 14.8 Å². The zero-order valence-electron chi connectivity index (χ0n) is 10.0. The molecule has 0 bridgehead atoms. The molecule has 0 fully saturated rings. The third-order valence-electron chi connectivity index (χ3n) is 2.02. The van der Waals surface area contributed by atoms with Crippen LogP contribution in [0.15, 0.2) is 18.2 Å². The highest BCUT2D eigenvalue weighted by molar-refractivity contribution is 6.30. The van der Waals surface area contributed by atoms with Crippen LogP contribution in [-0.2, 0) is 14.3 Å². The fraction of sp³-hybridized carbons (Fsp3) is 0.417. The topological polar surface area (TPSA) is 47.6 Å². The molecule has 0 heterocycles. The van der Waals surface area contributed by atoms with Gasteiger partial charge in [-0.15, -0.1) is 0 Å². The predicted octanol–water partition coefficient (Wildman–Crippen LogP) is 2.47. The normalized spacial score (nSPS) is 10.2. The predicted molar refractivity (Wildman–Crippen MR) is 67.4 cm³/mol. The molecule has 1 aromatic rings. The van der Waals surface area contributed by atoms with E-state index in [0.29, 0.717) is 23.9 Å². The van der Waals surface area contributed by atoms with Crippen LogP contribution in [0.2, 0.25) is 5.02 Å². The van der Waals surface area contributed by atoms with E-state index in [1.807, 2.05) is 0 Å². The van der Waals surface area contributed by atoms with Crippen molar-refractivity contribution in [3.05, 3.63) is 29.0 Å². The van der Waals surface area contributed by atoms with Crippen molar-refractivity contribution < 1.29 is 18.7 Å². The van der Waals surface area contributed by atoms with Gasteiger partial charge in [-0.25, -0.2) is 9.18 Å². The zero-order chi connectivity index (χ0) is 13.4. The first kappa shape index (κ1) is 14.7. The Morgan fingerprint density at radius 3 is 2.94 bits per heavy atom. The highest BCUT2D eigenvalue weighted by atomic mass is 35.5. The molecule has 1 rings (SSSR count). The molecule has 0 amide bonds. The summed E-state index contributed by atoms with van der Waals surface area (Å²) < 4.78 is 23.1. The average Bonchev–Trinajstić information content (AvgIpc) is 2.31. The van der Waals surface area contributed by atoms with E-state index in [2.05, 4.69) is 10.1 Å². The number of carbonyl (C=O) groups excluding carboxylic acids is 1. The van der Waals surface area contributed by atoms with E-state index in [1.165, 1.54) is 6.07 Å². The third kappa shape index (κ3) is 5.33. The van der Waals surface area contributed by atoms with Gasteiger partial charge in [0.15, 0.2) is 0 Å². The first-order valence-electron chi connectivity index (χ1n) is 5.55. The first-order chi connectivity index (χ1) is 8.63. The molecule has 1 aromatic carbocycles. The van der Waals surface area contributed by atoms with Crippen molar-refractivity contribution in [3.8, 4) is 0 Å². The van der Waals surface area contributed by atoms with Gasteiger partial charge in [0, 0.05) is 11.6 Å². The highest BCUT2D eigenvalue weighted by Crippen LogP contribution is 2.18. The number of esters is 1. The van der Waals surface area contributed by atoms with Crippen molar-refractivity contribution in [2.45, 2.75) is 6.92 Å². The maximum atomic E-state index is 13.3. The molecule has 0 radical (unpaired) electrons. The van der Waals surface area contributed by atoms with Gasteiger partial charge in [0.2, 0.25) is 0 Å². The number of rotatable bonds is 7. The Labute approximate surface area is 110 Å². The van der Waals surface area contributed by atoms with Crippen LogP contribution in [0.25, 0.3) is 0 Å². The minimum Gasteiger partial charge on any atom is -0.464 e. The summed E-state index contributed by atoms with van der Waals surface area (Å²) >= 11 is 5.62. The van der Waals surface area contributed by atoms with Gasteiger partial charge >= 0.3 is 5.97 Å². The number of hydrogen-bond acceptors (Lipinski definition) is 4. The summed E-state index contributed by atoms with van der Waals surface area (Å²) in [7, 11) is 0. The van der Waals surface area contributed by atoms with Crippen molar-refractivity contribution in [1.82, 2.24) is 0 Å². The van der Waals surface area contributed by atoms with Crippen molar-refractivity contribution in [2.75, 3.05) is 31.7 Å². The summed E-state index contributed by atoms with van der Waals surface area (Å²) in [6, 6.07) is 4.36. The van der Waals surface area contributed by atoms with Gasteiger partial charge in [-0.3, -0.25) is 0 Å². The van der Waals surface area contributed by atoms with Gasteiger partial charge in [-0.2, -0.15) is 0 Å². The quantitative estimate of drug-likeness (QED) is 0.613. The number of carbonyl (C=O) groups is 1. The Morgan fingerprint density at radius 1 is 1.50 bits per heavy atom. The summed E-state index contributed by atoms with van der Waals surface area (Å²) in [5.41, 5.74) is 0.346. The lowest BCUT2D eigenvalue weighted by Gasteiger charge is -2.08. The number of nitrogens with one attached hydrogen (secondary N) is 1. The van der Waals surface area contributed by atoms with E-state index in [0.717, 1.165) is 0 Å². The van der Waals surface area contributed by atoms with Crippen LogP contribution in [0.5, 0.6) is 0 Å². The number of benzene rings is 1. The Balaban J connectivity index is 2.20. The molecule has 6 heteroatoms. The van der Waals surface area contributed by atoms with Gasteiger partial charge in [0.05, 0.1) is 18.9 Å². The average molecular weight is 276 g/mol. The Kier molecular flexibility index (Phi) is 6.46. The highest BCUT2D eigenvalue weighted by Gasteiger charge is 2.03. The van der Waals surface area contributed by atoms with Crippen LogP contribution in [-0.4, -0.2) is 32.3 Å². The molecule has 18 heavy (non-hydrogen) atoms. The standard InChI is InChI=1S/C12H15ClFNO3/c1-2-18-12(16)8-17-6-5-15-11-4-3-9(13)7-10(11)14/h3-4,7,15H,2,5-6,8H2,1H3. The lowest BCUT2D eigenvalue weighted by atomic mass is 10.3. The number of hydrogen-bond donors (Lipinski definition) is 1. The second-order valence-corrected chi connectivity index (χ2v) is 3.84. The molecule has 0 atom stereocenters. The van der Waals surface area contributed by atoms with Crippen molar-refractivity contribution in [1.29, 1.82) is 0 Å². The van der Waals surface area contributed by atoms with Crippen molar-refractivity contribution >= 4 is 23.3 Å². The van der Waals surface area contributed by atoms with Gasteiger partial charge in [-0.05, 0) is 25.1 Å². The van der Waals surface area contributed by atoms with E-state index in [-0.39, 0.29) is 13.2 Å². The molecule has 0 aliphatic rings. The fourth-order valence-electron chi connectivity index (χ4n) is 1.25. The smallest absolute Gasteiger partial charge is 0.332 e. The van der Waals surface area contributed by atoms with Gasteiger partial charge in [-0.1, -0.05) is 11.6 Å². The van der Waals surface area contributed by atoms with Crippen LogP contribution < -0.4 is 5.32 Å². The molecular weight excluding hydrogens is 261 g/mol. The van der Waals surface area contributed by atoms with Gasteiger partial charge in [0.1, 0.15) is 12.4 Å². The van der Waals surface area contributed by atoms with Crippen LogP contribution in [0, 0.1) is 5.82 Å². The molecule has 0 aromatic heterocycles. The van der Waals surface area contributed by atoms with Crippen LogP contribution in [0.4, 0.5) is 10.1 Å². The van der Waals surface area contributed by atoms with E-state index in [9.17, 15) is 9.18 Å². The molecule has 0 unspecified atom stereocenters. The van der Waals surface area contributed by atoms with E-state index in [1.54, 1.807) is 19.1 Å². The molecular formula is C12H15ClFNO3. The number of anilines is 1. The largest absolute Gasteiger partial charge is 0.464 e.